The molecule has 1 N–H and O–H groups in total. The molecule has 10 heteroatoms. The van der Waals surface area contributed by atoms with Gasteiger partial charge in [-0.15, -0.1) is 0 Å². The summed E-state index contributed by atoms with van der Waals surface area (Å²) in [7, 11) is -1.41. The first kappa shape index (κ1) is 26.7. The van der Waals surface area contributed by atoms with E-state index in [9.17, 15) is 9.59 Å². The van der Waals surface area contributed by atoms with Crippen LogP contribution in [0, 0.1) is 0 Å². The van der Waals surface area contributed by atoms with Crippen LogP contribution in [0.2, 0.25) is 6.82 Å². The van der Waals surface area contributed by atoms with E-state index in [2.05, 4.69) is 0 Å². The molecule has 0 bridgehead atoms. The molecule has 8 nitrogen and oxygen atoms in total. The lowest BCUT2D eigenvalue weighted by molar-refractivity contribution is -0.0547. The Hall–Kier alpha value is -1.55. The number of nitrogens with zero attached hydrogens (tertiary/aromatic N) is 1. The first-order chi connectivity index (χ1) is 15.4. The van der Waals surface area contributed by atoms with E-state index in [-0.39, 0.29) is 19.8 Å². The second-order valence-corrected chi connectivity index (χ2v) is 9.07. The molecule has 0 amide bonds. The Bertz CT molecular complexity index is 797. The molecule has 2 unspecified atom stereocenters. The lowest BCUT2D eigenvalue weighted by Gasteiger charge is -2.23. The van der Waals surface area contributed by atoms with E-state index in [1.54, 1.807) is 18.7 Å². The molecular weight excluding hydrogens is 432 g/mol. The highest BCUT2D eigenvalue weighted by atomic mass is 31.2. The van der Waals surface area contributed by atoms with Gasteiger partial charge < -0.3 is 19.3 Å². The molecule has 0 spiro atoms. The zero-order valence-electron chi connectivity index (χ0n) is 19.0. The van der Waals surface area contributed by atoms with Crippen LogP contribution in [-0.4, -0.2) is 63.5 Å². The predicted octanol–water partition coefficient (Wildman–Crippen LogP) is 3.62. The van der Waals surface area contributed by atoms with Crippen molar-refractivity contribution in [2.45, 2.75) is 26.1 Å². The summed E-state index contributed by atoms with van der Waals surface area (Å²) in [6, 6.07) is 19.5. The zero-order valence-corrected chi connectivity index (χ0v) is 19.9. The maximum absolute atomic E-state index is 12.8. The highest BCUT2D eigenvalue weighted by Gasteiger charge is 2.27. The number of ether oxygens (including phenoxy) is 2. The third-order valence-corrected chi connectivity index (χ3v) is 6.13. The highest BCUT2D eigenvalue weighted by molar-refractivity contribution is 7.48. The molecule has 0 fully saturated rings. The summed E-state index contributed by atoms with van der Waals surface area (Å²) < 4.78 is 40.4. The minimum atomic E-state index is -3.77. The van der Waals surface area contributed by atoms with E-state index in [1.807, 2.05) is 60.7 Å². The molecule has 2 aromatic carbocycles. The summed E-state index contributed by atoms with van der Waals surface area (Å²) in [4.78, 5) is 1.64. The molecule has 0 aliphatic carbocycles. The van der Waals surface area contributed by atoms with E-state index in [0.29, 0.717) is 19.8 Å². The van der Waals surface area contributed by atoms with Gasteiger partial charge in [0.05, 0.1) is 33.0 Å². The second-order valence-electron chi connectivity index (χ2n) is 7.29. The van der Waals surface area contributed by atoms with Gasteiger partial charge in [-0.25, -0.2) is 4.57 Å². The van der Waals surface area contributed by atoms with Crippen LogP contribution in [0.4, 0.5) is 0 Å². The van der Waals surface area contributed by atoms with Gasteiger partial charge in [0.2, 0.25) is 0 Å². The SMILES string of the molecule is COP(=O)(OCCN(C)B(C)O)OCC(COCc1ccccc1)OCc1ccccc1. The zero-order chi connectivity index (χ0) is 23.2. The lowest BCUT2D eigenvalue weighted by atomic mass is 9.86. The summed E-state index contributed by atoms with van der Waals surface area (Å²) in [5, 5.41) is 9.51. The minimum Gasteiger partial charge on any atom is -0.437 e. The Morgan fingerprint density at radius 3 is 2.12 bits per heavy atom. The smallest absolute Gasteiger partial charge is 0.437 e. The van der Waals surface area contributed by atoms with Crippen molar-refractivity contribution in [3.8, 4) is 0 Å². The molecular formula is C22H33BNO7P. The molecule has 0 aliphatic rings. The number of hydrogen-bond acceptors (Lipinski definition) is 8. The number of likely N-dealkylation sites (N-methyl/N-ethyl adjacent to an activating group) is 1. The number of benzene rings is 2. The fourth-order valence-electron chi connectivity index (χ4n) is 2.62. The van der Waals surface area contributed by atoms with Crippen molar-refractivity contribution >= 4 is 14.9 Å². The summed E-state index contributed by atoms with van der Waals surface area (Å²) in [6.07, 6.45) is -0.480. The molecule has 0 heterocycles. The summed E-state index contributed by atoms with van der Waals surface area (Å²) >= 11 is 0. The van der Waals surface area contributed by atoms with Gasteiger partial charge in [-0.2, -0.15) is 0 Å². The van der Waals surface area contributed by atoms with Crippen molar-refractivity contribution < 1.29 is 32.6 Å². The first-order valence-corrected chi connectivity index (χ1v) is 12.0. The van der Waals surface area contributed by atoms with Crippen molar-refractivity contribution in [2.24, 2.45) is 0 Å². The van der Waals surface area contributed by atoms with Crippen molar-refractivity contribution in [2.75, 3.05) is 40.5 Å². The Labute approximate surface area is 191 Å². The number of hydrogen-bond donors (Lipinski definition) is 1. The number of rotatable bonds is 16. The standard InChI is InChI=1S/C22H33BNO7P/c1-23(25)24(2)14-15-30-32(26,27-3)31-19-22(29-17-21-12-8-5-9-13-21)18-28-16-20-10-6-4-7-11-20/h4-13,22,25H,14-19H2,1-3H3. The van der Waals surface area contributed by atoms with Gasteiger partial charge in [-0.1, -0.05) is 60.7 Å². The molecule has 0 saturated carbocycles. The second kappa shape index (κ2) is 14.6. The Kier molecular flexibility index (Phi) is 12.2. The van der Waals surface area contributed by atoms with Crippen LogP contribution in [0.5, 0.6) is 0 Å². The fourth-order valence-corrected chi connectivity index (χ4v) is 3.56. The van der Waals surface area contributed by atoms with E-state index >= 15 is 0 Å². The van der Waals surface area contributed by atoms with E-state index in [4.69, 9.17) is 23.0 Å². The van der Waals surface area contributed by atoms with Gasteiger partial charge in [0.15, 0.2) is 0 Å². The highest BCUT2D eigenvalue weighted by Crippen LogP contribution is 2.48. The maximum Gasteiger partial charge on any atom is 0.474 e. The topological polar surface area (TPSA) is 86.7 Å². The Balaban J connectivity index is 1.88. The Morgan fingerprint density at radius 2 is 1.56 bits per heavy atom. The average molecular weight is 465 g/mol. The molecule has 176 valence electrons. The molecule has 2 rings (SSSR count). The fraction of sp³-hybridized carbons (Fsp3) is 0.455. The molecule has 32 heavy (non-hydrogen) atoms. The third-order valence-electron chi connectivity index (χ3n) is 4.72. The molecule has 0 aliphatic heterocycles. The number of phosphoric ester groups is 1. The van der Waals surface area contributed by atoms with Gasteiger partial charge >= 0.3 is 14.9 Å². The molecule has 2 atom stereocenters. The summed E-state index contributed by atoms with van der Waals surface area (Å²) in [6.45, 7) is 3.08. The van der Waals surface area contributed by atoms with Gasteiger partial charge in [0.1, 0.15) is 6.10 Å². The quantitative estimate of drug-likeness (QED) is 0.297. The van der Waals surface area contributed by atoms with Crippen LogP contribution in [0.25, 0.3) is 0 Å². The third kappa shape index (κ3) is 10.4. The largest absolute Gasteiger partial charge is 0.474 e. The minimum absolute atomic E-state index is 0.0288. The van der Waals surface area contributed by atoms with Crippen LogP contribution in [-0.2, 0) is 40.8 Å². The summed E-state index contributed by atoms with van der Waals surface area (Å²) in [5.41, 5.74) is 2.05. The maximum atomic E-state index is 12.8. The van der Waals surface area contributed by atoms with Gasteiger partial charge in [-0.3, -0.25) is 13.6 Å². The van der Waals surface area contributed by atoms with Gasteiger partial charge in [-0.05, 0) is 25.0 Å². The van der Waals surface area contributed by atoms with Crippen LogP contribution < -0.4 is 0 Å². The van der Waals surface area contributed by atoms with Crippen molar-refractivity contribution in [3.05, 3.63) is 71.8 Å². The van der Waals surface area contributed by atoms with Crippen molar-refractivity contribution in [1.29, 1.82) is 0 Å². The van der Waals surface area contributed by atoms with Gasteiger partial charge in [0, 0.05) is 13.7 Å². The van der Waals surface area contributed by atoms with E-state index in [1.165, 1.54) is 7.11 Å². The van der Waals surface area contributed by atoms with Crippen molar-refractivity contribution in [1.82, 2.24) is 4.81 Å². The van der Waals surface area contributed by atoms with E-state index in [0.717, 1.165) is 11.1 Å². The number of phosphoric acid groups is 1. The van der Waals surface area contributed by atoms with Crippen LogP contribution >= 0.6 is 7.82 Å². The first-order valence-electron chi connectivity index (χ1n) is 10.5. The van der Waals surface area contributed by atoms with Crippen molar-refractivity contribution in [3.63, 3.8) is 0 Å². The monoisotopic (exact) mass is 465 g/mol. The van der Waals surface area contributed by atoms with Crippen LogP contribution in [0.15, 0.2) is 60.7 Å². The van der Waals surface area contributed by atoms with E-state index < -0.39 is 21.0 Å². The van der Waals surface area contributed by atoms with Crippen LogP contribution in [0.3, 0.4) is 0 Å². The molecule has 0 aromatic heterocycles. The predicted molar refractivity (Wildman–Crippen MR) is 124 cm³/mol. The average Bonchev–Trinajstić information content (AvgIpc) is 2.81. The van der Waals surface area contributed by atoms with Gasteiger partial charge in [0.25, 0.3) is 0 Å². The van der Waals surface area contributed by atoms with Crippen LogP contribution in [0.1, 0.15) is 11.1 Å². The molecule has 0 saturated heterocycles. The summed E-state index contributed by atoms with van der Waals surface area (Å²) in [5.74, 6) is 0. The molecule has 0 radical (unpaired) electrons. The lowest BCUT2D eigenvalue weighted by Crippen LogP contribution is -2.35. The molecule has 2 aromatic rings. The Morgan fingerprint density at radius 1 is 0.969 bits per heavy atom. The normalized spacial score (nSPS) is 14.3.